The molecule has 0 radical (unpaired) electrons. The second-order valence-electron chi connectivity index (χ2n) is 6.23. The Morgan fingerprint density at radius 2 is 1.82 bits per heavy atom. The molecular weight excluding hydrogens is 379 g/mol. The van der Waals surface area contributed by atoms with Gasteiger partial charge in [-0.05, 0) is 48.9 Å². The summed E-state index contributed by atoms with van der Waals surface area (Å²) in [4.78, 5) is 14.1. The number of carbonyl (C=O) groups is 1. The van der Waals surface area contributed by atoms with Crippen LogP contribution in [0, 0.1) is 12.7 Å². The summed E-state index contributed by atoms with van der Waals surface area (Å²) in [5, 5.41) is 8.97. The minimum atomic E-state index is -0.290. The lowest BCUT2D eigenvalue weighted by Crippen LogP contribution is -2.27. The van der Waals surface area contributed by atoms with Crippen LogP contribution >= 0.6 is 11.8 Å². The maximum atomic E-state index is 13.0. The highest BCUT2D eigenvalue weighted by Gasteiger charge is 2.16. The number of hydrogen-bond donors (Lipinski definition) is 0. The number of methoxy groups -OCH3 is 1. The smallest absolute Gasteiger partial charge is 0.233 e. The Morgan fingerprint density at radius 1 is 1.14 bits per heavy atom. The average Bonchev–Trinajstić information content (AvgIpc) is 3.08. The second kappa shape index (κ2) is 8.88. The van der Waals surface area contributed by atoms with E-state index in [4.69, 9.17) is 4.74 Å². The molecule has 1 amide bonds. The van der Waals surface area contributed by atoms with Gasteiger partial charge in [-0.2, -0.15) is 0 Å². The molecule has 0 unspecified atom stereocenters. The first-order valence-corrected chi connectivity index (χ1v) is 9.64. The summed E-state index contributed by atoms with van der Waals surface area (Å²) < 4.78 is 20.1. The number of ether oxygens (including phenoxy) is 1. The van der Waals surface area contributed by atoms with Crippen LogP contribution in [0.5, 0.6) is 5.75 Å². The monoisotopic (exact) mass is 400 g/mol. The number of aromatic nitrogens is 3. The van der Waals surface area contributed by atoms with Gasteiger partial charge in [-0.1, -0.05) is 23.9 Å². The van der Waals surface area contributed by atoms with Gasteiger partial charge in [0.25, 0.3) is 0 Å². The van der Waals surface area contributed by atoms with Crippen molar-refractivity contribution in [1.29, 1.82) is 0 Å². The minimum Gasteiger partial charge on any atom is -0.497 e. The fourth-order valence-electron chi connectivity index (χ4n) is 2.65. The van der Waals surface area contributed by atoms with Gasteiger partial charge >= 0.3 is 0 Å². The van der Waals surface area contributed by atoms with Gasteiger partial charge in [-0.3, -0.25) is 9.36 Å². The van der Waals surface area contributed by atoms with Gasteiger partial charge in [0.2, 0.25) is 5.91 Å². The third kappa shape index (κ3) is 4.69. The molecule has 0 N–H and O–H groups in total. The lowest BCUT2D eigenvalue weighted by atomic mass is 10.2. The molecule has 0 aliphatic rings. The SMILES string of the molecule is COc1ccc(-n2c(C)nnc2SCC(=O)N(C)Cc2ccc(F)cc2)cc1. The first kappa shape index (κ1) is 19.9. The van der Waals surface area contributed by atoms with Gasteiger partial charge in [-0.25, -0.2) is 4.39 Å². The highest BCUT2D eigenvalue weighted by Crippen LogP contribution is 2.23. The highest BCUT2D eigenvalue weighted by molar-refractivity contribution is 7.99. The zero-order valence-corrected chi connectivity index (χ0v) is 16.7. The highest BCUT2D eigenvalue weighted by atomic mass is 32.2. The zero-order valence-electron chi connectivity index (χ0n) is 15.9. The summed E-state index contributed by atoms with van der Waals surface area (Å²) >= 11 is 1.33. The molecule has 0 saturated heterocycles. The molecule has 0 saturated carbocycles. The molecule has 1 heterocycles. The standard InChI is InChI=1S/C20H21FN4O2S/c1-14-22-23-20(25(14)17-8-10-18(27-3)11-9-17)28-13-19(26)24(2)12-15-4-6-16(21)7-5-15/h4-11H,12-13H2,1-3H3. The Kier molecular flexibility index (Phi) is 6.30. The number of amides is 1. The predicted molar refractivity (Wildman–Crippen MR) is 106 cm³/mol. The molecular formula is C20H21FN4O2S. The van der Waals surface area contributed by atoms with Gasteiger partial charge in [0.15, 0.2) is 5.16 Å². The van der Waals surface area contributed by atoms with Crippen LogP contribution in [0.4, 0.5) is 4.39 Å². The van der Waals surface area contributed by atoms with Crippen molar-refractivity contribution in [1.82, 2.24) is 19.7 Å². The van der Waals surface area contributed by atoms with E-state index in [9.17, 15) is 9.18 Å². The van der Waals surface area contributed by atoms with Crippen molar-refractivity contribution >= 4 is 17.7 Å². The van der Waals surface area contributed by atoms with Crippen molar-refractivity contribution in [3.05, 3.63) is 65.7 Å². The van der Waals surface area contributed by atoms with Crippen LogP contribution in [0.1, 0.15) is 11.4 Å². The summed E-state index contributed by atoms with van der Waals surface area (Å²) in [7, 11) is 3.35. The molecule has 1 aromatic heterocycles. The molecule has 3 rings (SSSR count). The molecule has 3 aromatic rings. The summed E-state index contributed by atoms with van der Waals surface area (Å²) in [5.41, 5.74) is 1.78. The number of hydrogen-bond acceptors (Lipinski definition) is 5. The predicted octanol–water partition coefficient (Wildman–Crippen LogP) is 3.47. The van der Waals surface area contributed by atoms with E-state index >= 15 is 0 Å². The molecule has 0 aliphatic carbocycles. The number of benzene rings is 2. The second-order valence-corrected chi connectivity index (χ2v) is 7.17. The minimum absolute atomic E-state index is 0.0451. The number of rotatable bonds is 7. The molecule has 2 aromatic carbocycles. The summed E-state index contributed by atoms with van der Waals surface area (Å²) in [6, 6.07) is 13.7. The van der Waals surface area contributed by atoms with E-state index < -0.39 is 0 Å². The van der Waals surface area contributed by atoms with Gasteiger partial charge in [0.05, 0.1) is 12.9 Å². The topological polar surface area (TPSA) is 60.2 Å². The van der Waals surface area contributed by atoms with Crippen molar-refractivity contribution in [2.45, 2.75) is 18.6 Å². The lowest BCUT2D eigenvalue weighted by molar-refractivity contribution is -0.127. The fraction of sp³-hybridized carbons (Fsp3) is 0.250. The maximum Gasteiger partial charge on any atom is 0.233 e. The third-order valence-electron chi connectivity index (χ3n) is 4.21. The molecule has 0 atom stereocenters. The molecule has 146 valence electrons. The molecule has 0 bridgehead atoms. The quantitative estimate of drug-likeness (QED) is 0.569. The summed E-state index contributed by atoms with van der Waals surface area (Å²) in [5.74, 6) is 1.39. The normalized spacial score (nSPS) is 10.7. The van der Waals surface area contributed by atoms with Gasteiger partial charge < -0.3 is 9.64 Å². The van der Waals surface area contributed by atoms with Crippen LogP contribution in [0.25, 0.3) is 5.69 Å². The van der Waals surface area contributed by atoms with E-state index in [2.05, 4.69) is 10.2 Å². The van der Waals surface area contributed by atoms with E-state index in [-0.39, 0.29) is 17.5 Å². The van der Waals surface area contributed by atoms with Crippen molar-refractivity contribution in [3.63, 3.8) is 0 Å². The fourth-order valence-corrected chi connectivity index (χ4v) is 3.59. The van der Waals surface area contributed by atoms with Crippen molar-refractivity contribution < 1.29 is 13.9 Å². The molecule has 0 aliphatic heterocycles. The number of carbonyl (C=O) groups excluding carboxylic acids is 1. The Labute approximate surface area is 167 Å². The first-order valence-electron chi connectivity index (χ1n) is 8.65. The van der Waals surface area contributed by atoms with E-state index in [1.54, 1.807) is 31.2 Å². The molecule has 8 heteroatoms. The zero-order chi connectivity index (χ0) is 20.1. The van der Waals surface area contributed by atoms with E-state index in [1.165, 1.54) is 23.9 Å². The number of nitrogens with zero attached hydrogens (tertiary/aromatic N) is 4. The average molecular weight is 400 g/mol. The Hall–Kier alpha value is -2.87. The number of halogens is 1. The van der Waals surface area contributed by atoms with Crippen LogP contribution in [0.2, 0.25) is 0 Å². The summed E-state index contributed by atoms with van der Waals surface area (Å²) in [6.45, 7) is 2.29. The van der Waals surface area contributed by atoms with Crippen LogP contribution in [0.15, 0.2) is 53.7 Å². The maximum absolute atomic E-state index is 13.0. The van der Waals surface area contributed by atoms with Crippen LogP contribution < -0.4 is 4.74 Å². The van der Waals surface area contributed by atoms with Gasteiger partial charge in [0, 0.05) is 19.3 Å². The third-order valence-corrected chi connectivity index (χ3v) is 5.12. The molecule has 0 spiro atoms. The summed E-state index contributed by atoms with van der Waals surface area (Å²) in [6.07, 6.45) is 0. The largest absolute Gasteiger partial charge is 0.497 e. The molecule has 0 fully saturated rings. The Morgan fingerprint density at radius 3 is 2.46 bits per heavy atom. The van der Waals surface area contributed by atoms with Crippen LogP contribution in [0.3, 0.4) is 0 Å². The van der Waals surface area contributed by atoms with Crippen LogP contribution in [-0.4, -0.2) is 45.5 Å². The van der Waals surface area contributed by atoms with E-state index in [0.29, 0.717) is 11.7 Å². The van der Waals surface area contributed by atoms with Gasteiger partial charge in [-0.15, -0.1) is 10.2 Å². The number of aryl methyl sites for hydroxylation is 1. The molecule has 28 heavy (non-hydrogen) atoms. The van der Waals surface area contributed by atoms with E-state index in [0.717, 1.165) is 22.8 Å². The van der Waals surface area contributed by atoms with Crippen LogP contribution in [-0.2, 0) is 11.3 Å². The molecule has 6 nitrogen and oxygen atoms in total. The van der Waals surface area contributed by atoms with Crippen molar-refractivity contribution in [3.8, 4) is 11.4 Å². The Balaban J connectivity index is 1.65. The van der Waals surface area contributed by atoms with E-state index in [1.807, 2.05) is 35.8 Å². The van der Waals surface area contributed by atoms with Crippen molar-refractivity contribution in [2.24, 2.45) is 0 Å². The number of thioether (sulfide) groups is 1. The first-order chi connectivity index (χ1) is 13.5. The lowest BCUT2D eigenvalue weighted by Gasteiger charge is -2.17. The Bertz CT molecular complexity index is 942. The van der Waals surface area contributed by atoms with Gasteiger partial charge in [0.1, 0.15) is 17.4 Å². The van der Waals surface area contributed by atoms with Crippen molar-refractivity contribution in [2.75, 3.05) is 19.9 Å².